The maximum atomic E-state index is 12.7. The zero-order valence-corrected chi connectivity index (χ0v) is 15.5. The second-order valence-electron chi connectivity index (χ2n) is 8.15. The van der Waals surface area contributed by atoms with Crippen LogP contribution in [0.15, 0.2) is 48.5 Å². The first kappa shape index (κ1) is 17.6. The molecule has 27 heavy (non-hydrogen) atoms. The highest BCUT2D eigenvalue weighted by molar-refractivity contribution is 5.81. The zero-order chi connectivity index (χ0) is 19.2. The van der Waals surface area contributed by atoms with E-state index in [2.05, 4.69) is 24.3 Å². The Kier molecular flexibility index (Phi) is 4.17. The highest BCUT2D eigenvalue weighted by atomic mass is 16.6. The van der Waals surface area contributed by atoms with Gasteiger partial charge in [-0.2, -0.15) is 0 Å². The largest absolute Gasteiger partial charge is 0.480 e. The first-order valence-corrected chi connectivity index (χ1v) is 9.22. The second-order valence-corrected chi connectivity index (χ2v) is 8.15. The Balaban J connectivity index is 1.54. The predicted octanol–water partition coefficient (Wildman–Crippen LogP) is 4.12. The van der Waals surface area contributed by atoms with Crippen molar-refractivity contribution in [2.75, 3.05) is 13.2 Å². The lowest BCUT2D eigenvalue weighted by molar-refractivity contribution is -0.141. The molecule has 1 amide bonds. The summed E-state index contributed by atoms with van der Waals surface area (Å²) < 4.78 is 5.62. The van der Waals surface area contributed by atoms with Gasteiger partial charge in [-0.3, -0.25) is 4.90 Å². The highest BCUT2D eigenvalue weighted by Crippen LogP contribution is 2.44. The number of fused-ring (bicyclic) bond motifs is 3. The van der Waals surface area contributed by atoms with Gasteiger partial charge in [-0.25, -0.2) is 9.59 Å². The third-order valence-electron chi connectivity index (χ3n) is 5.58. The molecule has 1 heterocycles. The van der Waals surface area contributed by atoms with Crippen LogP contribution in [-0.2, 0) is 9.53 Å². The van der Waals surface area contributed by atoms with Crippen molar-refractivity contribution in [3.63, 3.8) is 0 Å². The van der Waals surface area contributed by atoms with E-state index < -0.39 is 18.1 Å². The second kappa shape index (κ2) is 6.41. The Morgan fingerprint density at radius 1 is 1.07 bits per heavy atom. The van der Waals surface area contributed by atoms with E-state index in [9.17, 15) is 14.7 Å². The summed E-state index contributed by atoms with van der Waals surface area (Å²) in [5.74, 6) is -1.01. The van der Waals surface area contributed by atoms with Crippen molar-refractivity contribution in [2.45, 2.75) is 32.2 Å². The summed E-state index contributed by atoms with van der Waals surface area (Å²) in [4.78, 5) is 25.6. The third-order valence-corrected chi connectivity index (χ3v) is 5.58. The molecular formula is C22H23NO4. The van der Waals surface area contributed by atoms with E-state index in [4.69, 9.17) is 4.74 Å². The number of likely N-dealkylation sites (tertiary alicyclic amines) is 1. The van der Waals surface area contributed by atoms with Crippen LogP contribution in [0.1, 0.15) is 37.3 Å². The van der Waals surface area contributed by atoms with Gasteiger partial charge in [0.25, 0.3) is 0 Å². The summed E-state index contributed by atoms with van der Waals surface area (Å²) in [5, 5.41) is 9.46. The fourth-order valence-electron chi connectivity index (χ4n) is 4.36. The van der Waals surface area contributed by atoms with Crippen LogP contribution in [0, 0.1) is 5.41 Å². The first-order valence-electron chi connectivity index (χ1n) is 9.22. The molecule has 5 heteroatoms. The molecule has 0 saturated carbocycles. The average molecular weight is 365 g/mol. The molecule has 2 aromatic carbocycles. The Labute approximate surface area is 158 Å². The molecule has 1 aliphatic carbocycles. The maximum absolute atomic E-state index is 12.7. The number of carboxylic acids is 1. The lowest BCUT2D eigenvalue weighted by Gasteiger charge is -2.23. The fourth-order valence-corrected chi connectivity index (χ4v) is 4.36. The molecule has 0 radical (unpaired) electrons. The summed E-state index contributed by atoms with van der Waals surface area (Å²) in [6.07, 6.45) is -0.109. The molecule has 1 atom stereocenters. The summed E-state index contributed by atoms with van der Waals surface area (Å²) in [5.41, 5.74) is 4.39. The minimum Gasteiger partial charge on any atom is -0.480 e. The predicted molar refractivity (Wildman–Crippen MR) is 102 cm³/mol. The van der Waals surface area contributed by atoms with Gasteiger partial charge in [-0.1, -0.05) is 62.4 Å². The summed E-state index contributed by atoms with van der Waals surface area (Å²) in [6.45, 7) is 4.54. The zero-order valence-electron chi connectivity index (χ0n) is 15.5. The lowest BCUT2D eigenvalue weighted by Crippen LogP contribution is -2.41. The van der Waals surface area contributed by atoms with Gasteiger partial charge in [0, 0.05) is 12.5 Å². The van der Waals surface area contributed by atoms with Crippen LogP contribution in [0.5, 0.6) is 0 Å². The number of rotatable bonds is 3. The van der Waals surface area contributed by atoms with Crippen LogP contribution >= 0.6 is 0 Å². The van der Waals surface area contributed by atoms with Crippen LogP contribution in [0.3, 0.4) is 0 Å². The van der Waals surface area contributed by atoms with Crippen molar-refractivity contribution in [1.29, 1.82) is 0 Å². The smallest absolute Gasteiger partial charge is 0.410 e. The quantitative estimate of drug-likeness (QED) is 0.888. The molecule has 0 spiro atoms. The number of aliphatic carboxylic acids is 1. The van der Waals surface area contributed by atoms with Crippen molar-refractivity contribution >= 4 is 12.1 Å². The molecule has 1 N–H and O–H groups in total. The van der Waals surface area contributed by atoms with Gasteiger partial charge in [0.2, 0.25) is 0 Å². The molecule has 0 unspecified atom stereocenters. The Morgan fingerprint density at radius 2 is 1.63 bits per heavy atom. The van der Waals surface area contributed by atoms with Crippen LogP contribution in [0.4, 0.5) is 4.79 Å². The normalized spacial score (nSPS) is 20.2. The standard InChI is InChI=1S/C22H23NO4/c1-22(2)11-19(20(24)25)23(13-22)21(26)27-12-18-16-9-5-3-7-14(16)15-8-4-6-10-17(15)18/h3-10,18-19H,11-13H2,1-2H3,(H,24,25)/t19-/m1/s1. The van der Waals surface area contributed by atoms with E-state index in [0.717, 1.165) is 11.1 Å². The van der Waals surface area contributed by atoms with Crippen molar-refractivity contribution in [3.8, 4) is 11.1 Å². The van der Waals surface area contributed by atoms with Crippen LogP contribution in [0.25, 0.3) is 11.1 Å². The summed E-state index contributed by atoms with van der Waals surface area (Å²) >= 11 is 0. The van der Waals surface area contributed by atoms with Crippen molar-refractivity contribution < 1.29 is 19.4 Å². The minimum atomic E-state index is -0.978. The molecule has 140 valence electrons. The van der Waals surface area contributed by atoms with Gasteiger partial charge in [0.15, 0.2) is 0 Å². The molecule has 1 fully saturated rings. The molecule has 1 aliphatic heterocycles. The monoisotopic (exact) mass is 365 g/mol. The third kappa shape index (κ3) is 3.07. The highest BCUT2D eigenvalue weighted by Gasteiger charge is 2.44. The van der Waals surface area contributed by atoms with Crippen molar-refractivity contribution in [1.82, 2.24) is 4.90 Å². The van der Waals surface area contributed by atoms with Gasteiger partial charge in [-0.05, 0) is 34.1 Å². The molecule has 2 aliphatic rings. The Morgan fingerprint density at radius 3 is 2.19 bits per heavy atom. The number of carbonyl (C=O) groups excluding carboxylic acids is 1. The van der Waals surface area contributed by atoms with E-state index in [0.29, 0.717) is 13.0 Å². The Hall–Kier alpha value is -2.82. The van der Waals surface area contributed by atoms with Gasteiger partial charge in [0.05, 0.1) is 0 Å². The summed E-state index contributed by atoms with van der Waals surface area (Å²) in [6, 6.07) is 15.5. The SMILES string of the molecule is CC1(C)C[C@H](C(=O)O)N(C(=O)OCC2c3ccccc3-c3ccccc32)C1. The molecule has 2 aromatic rings. The van der Waals surface area contributed by atoms with Gasteiger partial charge < -0.3 is 9.84 Å². The van der Waals surface area contributed by atoms with Crippen LogP contribution in [0.2, 0.25) is 0 Å². The van der Waals surface area contributed by atoms with Gasteiger partial charge in [0.1, 0.15) is 12.6 Å². The lowest BCUT2D eigenvalue weighted by atomic mass is 9.91. The number of carbonyl (C=O) groups is 2. The summed E-state index contributed by atoms with van der Waals surface area (Å²) in [7, 11) is 0. The van der Waals surface area contributed by atoms with E-state index in [-0.39, 0.29) is 17.9 Å². The number of hydrogen-bond acceptors (Lipinski definition) is 3. The number of carboxylic acid groups (broad SMARTS) is 1. The van der Waals surface area contributed by atoms with Crippen LogP contribution in [-0.4, -0.2) is 41.3 Å². The molecule has 1 saturated heterocycles. The van der Waals surface area contributed by atoms with Crippen molar-refractivity contribution in [2.24, 2.45) is 5.41 Å². The molecule has 4 rings (SSSR count). The van der Waals surface area contributed by atoms with Crippen molar-refractivity contribution in [3.05, 3.63) is 59.7 Å². The number of nitrogens with zero attached hydrogens (tertiary/aromatic N) is 1. The molecule has 0 bridgehead atoms. The molecule has 5 nitrogen and oxygen atoms in total. The van der Waals surface area contributed by atoms with Crippen LogP contribution < -0.4 is 0 Å². The van der Waals surface area contributed by atoms with E-state index in [1.54, 1.807) is 0 Å². The van der Waals surface area contributed by atoms with E-state index in [1.807, 2.05) is 38.1 Å². The molecular weight excluding hydrogens is 342 g/mol. The van der Waals surface area contributed by atoms with Gasteiger partial charge in [-0.15, -0.1) is 0 Å². The van der Waals surface area contributed by atoms with Gasteiger partial charge >= 0.3 is 12.1 Å². The number of hydrogen-bond donors (Lipinski definition) is 1. The number of benzene rings is 2. The van der Waals surface area contributed by atoms with E-state index >= 15 is 0 Å². The minimum absolute atomic E-state index is 0.0276. The fraction of sp³-hybridized carbons (Fsp3) is 0.364. The topological polar surface area (TPSA) is 66.8 Å². The maximum Gasteiger partial charge on any atom is 0.410 e. The number of ether oxygens (including phenoxy) is 1. The average Bonchev–Trinajstić information content (AvgIpc) is 3.14. The first-order chi connectivity index (χ1) is 12.9. The Bertz CT molecular complexity index is 859. The number of amides is 1. The molecule has 0 aromatic heterocycles. The van der Waals surface area contributed by atoms with E-state index in [1.165, 1.54) is 16.0 Å².